The molecule has 2 saturated heterocycles. The second-order valence-electron chi connectivity index (χ2n) is 14.5. The van der Waals surface area contributed by atoms with Gasteiger partial charge in [-0.25, -0.2) is 4.79 Å². The summed E-state index contributed by atoms with van der Waals surface area (Å²) in [6.45, 7) is 9.07. The molecule has 1 N–H and O–H groups in total. The van der Waals surface area contributed by atoms with Crippen molar-refractivity contribution in [2.75, 3.05) is 36.5 Å². The lowest BCUT2D eigenvalue weighted by Crippen LogP contribution is -2.56. The van der Waals surface area contributed by atoms with E-state index in [1.54, 1.807) is 6.07 Å². The highest BCUT2D eigenvalue weighted by molar-refractivity contribution is 6.08. The van der Waals surface area contributed by atoms with Crippen molar-refractivity contribution >= 4 is 29.2 Å². The smallest absolute Gasteiger partial charge is 0.338 e. The monoisotopic (exact) mass is 620 g/mol. The van der Waals surface area contributed by atoms with Crippen LogP contribution in [-0.2, 0) is 26.3 Å². The molecule has 3 fully saturated rings. The van der Waals surface area contributed by atoms with E-state index >= 15 is 0 Å². The number of fused-ring (bicyclic) bond motifs is 2. The van der Waals surface area contributed by atoms with E-state index in [1.165, 1.54) is 5.56 Å². The molecule has 0 bridgehead atoms. The van der Waals surface area contributed by atoms with Gasteiger partial charge in [-0.3, -0.25) is 9.59 Å². The second kappa shape index (κ2) is 11.6. The normalized spacial score (nSPS) is 23.6. The van der Waals surface area contributed by atoms with Crippen molar-refractivity contribution in [3.8, 4) is 0 Å². The Hall–Kier alpha value is -4.17. The second-order valence-corrected chi connectivity index (χ2v) is 14.5. The fourth-order valence-electron chi connectivity index (χ4n) is 8.05. The van der Waals surface area contributed by atoms with Crippen LogP contribution in [0.5, 0.6) is 0 Å². The number of hydrogen-bond acceptors (Lipinski definition) is 6. The lowest BCUT2D eigenvalue weighted by atomic mass is 9.85. The van der Waals surface area contributed by atoms with E-state index in [1.807, 2.05) is 80.3 Å². The van der Waals surface area contributed by atoms with Gasteiger partial charge in [-0.1, -0.05) is 54.6 Å². The number of carbonyl (C=O) groups excluding carboxylic acids is 3. The summed E-state index contributed by atoms with van der Waals surface area (Å²) in [6, 6.07) is 25.8. The Morgan fingerprint density at radius 2 is 1.63 bits per heavy atom. The molecule has 2 amide bonds. The summed E-state index contributed by atoms with van der Waals surface area (Å²) >= 11 is 0. The summed E-state index contributed by atoms with van der Waals surface area (Å²) < 4.78 is 5.69. The van der Waals surface area contributed by atoms with Gasteiger partial charge in [0, 0.05) is 31.0 Å². The zero-order valence-corrected chi connectivity index (χ0v) is 27.1. The average Bonchev–Trinajstić information content (AvgIpc) is 3.63. The molecule has 1 aliphatic carbocycles. The molecular weight excluding hydrogens is 576 g/mol. The number of hydrogen-bond donors (Lipinski definition) is 1. The Morgan fingerprint density at radius 1 is 0.935 bits per heavy atom. The van der Waals surface area contributed by atoms with Gasteiger partial charge >= 0.3 is 5.97 Å². The summed E-state index contributed by atoms with van der Waals surface area (Å²) in [5, 5.41) is 3.09. The number of carbonyl (C=O) groups is 3. The summed E-state index contributed by atoms with van der Waals surface area (Å²) in [4.78, 5) is 47.0. The minimum Gasteiger partial charge on any atom is -0.456 e. The molecule has 4 aliphatic rings. The largest absolute Gasteiger partial charge is 0.456 e. The number of amides is 2. The number of ether oxygens (including phenoxy) is 1. The molecule has 3 aliphatic heterocycles. The third kappa shape index (κ3) is 5.36. The predicted octanol–water partition coefficient (Wildman–Crippen LogP) is 5.97. The number of esters is 1. The van der Waals surface area contributed by atoms with E-state index in [4.69, 9.17) is 4.74 Å². The molecule has 7 rings (SSSR count). The summed E-state index contributed by atoms with van der Waals surface area (Å²) in [5.41, 5.74) is 2.94. The van der Waals surface area contributed by atoms with E-state index in [-0.39, 0.29) is 23.2 Å². The standard InChI is InChI=1S/C38H44N4O4/c1-36(2,3)46-33(43)30-16-8-7-12-27(30)25-41-26-42(29-14-5-4-6-15-29)37(35(41)45)19-22-40(23-20-37)21-11-13-28-24-38(28)31-17-9-10-18-32(31)39-34(38)44/h4-10,12,14-18,28H,11,13,19-26H2,1-3H3,(H,39,44). The van der Waals surface area contributed by atoms with Gasteiger partial charge in [0.1, 0.15) is 11.1 Å². The Morgan fingerprint density at radius 3 is 2.39 bits per heavy atom. The maximum absolute atomic E-state index is 14.4. The van der Waals surface area contributed by atoms with Crippen LogP contribution >= 0.6 is 0 Å². The first-order valence-electron chi connectivity index (χ1n) is 16.7. The third-order valence-electron chi connectivity index (χ3n) is 10.5. The lowest BCUT2D eigenvalue weighted by Gasteiger charge is -2.43. The fraction of sp³-hybridized carbons (Fsp3) is 0.447. The van der Waals surface area contributed by atoms with E-state index < -0.39 is 11.1 Å². The molecule has 1 saturated carbocycles. The summed E-state index contributed by atoms with van der Waals surface area (Å²) in [7, 11) is 0. The van der Waals surface area contributed by atoms with Crippen LogP contribution in [-0.4, -0.2) is 65.0 Å². The van der Waals surface area contributed by atoms with Crippen LogP contribution in [0.25, 0.3) is 0 Å². The minimum absolute atomic E-state index is 0.126. The third-order valence-corrected chi connectivity index (χ3v) is 10.5. The van der Waals surface area contributed by atoms with Crippen molar-refractivity contribution < 1.29 is 19.1 Å². The lowest BCUT2D eigenvalue weighted by molar-refractivity contribution is -0.134. The van der Waals surface area contributed by atoms with Crippen LogP contribution < -0.4 is 10.2 Å². The summed E-state index contributed by atoms with van der Waals surface area (Å²) in [6.07, 6.45) is 4.50. The van der Waals surface area contributed by atoms with Crippen LogP contribution in [0.3, 0.4) is 0 Å². The fourth-order valence-corrected chi connectivity index (χ4v) is 8.05. The number of para-hydroxylation sites is 2. The van der Waals surface area contributed by atoms with Crippen LogP contribution in [0.2, 0.25) is 0 Å². The van der Waals surface area contributed by atoms with Crippen LogP contribution in [0.1, 0.15) is 74.4 Å². The topological polar surface area (TPSA) is 82.2 Å². The first-order valence-corrected chi connectivity index (χ1v) is 16.7. The van der Waals surface area contributed by atoms with Gasteiger partial charge in [0.2, 0.25) is 11.8 Å². The number of piperidine rings is 1. The molecule has 46 heavy (non-hydrogen) atoms. The highest BCUT2D eigenvalue weighted by Gasteiger charge is 2.64. The summed E-state index contributed by atoms with van der Waals surface area (Å²) in [5.74, 6) is 0.320. The van der Waals surface area contributed by atoms with E-state index in [2.05, 4.69) is 33.3 Å². The van der Waals surface area contributed by atoms with Gasteiger partial charge in [0.25, 0.3) is 0 Å². The van der Waals surface area contributed by atoms with Gasteiger partial charge in [0.15, 0.2) is 0 Å². The van der Waals surface area contributed by atoms with Gasteiger partial charge in [-0.2, -0.15) is 0 Å². The maximum atomic E-state index is 14.4. The van der Waals surface area contributed by atoms with Gasteiger partial charge in [-0.15, -0.1) is 0 Å². The zero-order valence-electron chi connectivity index (χ0n) is 27.1. The molecule has 3 aromatic carbocycles. The maximum Gasteiger partial charge on any atom is 0.338 e. The number of anilines is 2. The zero-order chi connectivity index (χ0) is 32.1. The van der Waals surface area contributed by atoms with Crippen molar-refractivity contribution in [1.29, 1.82) is 0 Å². The molecule has 0 aromatic heterocycles. The molecule has 240 valence electrons. The minimum atomic E-state index is -0.620. The van der Waals surface area contributed by atoms with Crippen LogP contribution in [0, 0.1) is 5.92 Å². The van der Waals surface area contributed by atoms with Gasteiger partial charge < -0.3 is 24.8 Å². The molecule has 2 atom stereocenters. The van der Waals surface area contributed by atoms with Crippen molar-refractivity contribution in [2.24, 2.45) is 5.92 Å². The molecule has 3 aromatic rings. The number of rotatable bonds is 8. The van der Waals surface area contributed by atoms with Crippen molar-refractivity contribution in [2.45, 2.75) is 76.0 Å². The Balaban J connectivity index is 1.02. The van der Waals surface area contributed by atoms with E-state index in [0.717, 1.165) is 68.7 Å². The molecule has 8 nitrogen and oxygen atoms in total. The van der Waals surface area contributed by atoms with Gasteiger partial charge in [-0.05, 0) is 101 Å². The predicted molar refractivity (Wildman–Crippen MR) is 178 cm³/mol. The first-order chi connectivity index (χ1) is 22.1. The SMILES string of the molecule is CC(C)(C)OC(=O)c1ccccc1CN1CN(c2ccccc2)C2(CCN(CCCC3CC34C(=O)Nc3ccccc34)CC2)C1=O. The van der Waals surface area contributed by atoms with Crippen LogP contribution in [0.15, 0.2) is 78.9 Å². The van der Waals surface area contributed by atoms with Crippen molar-refractivity contribution in [3.05, 3.63) is 95.6 Å². The van der Waals surface area contributed by atoms with Crippen molar-refractivity contribution in [1.82, 2.24) is 9.80 Å². The highest BCUT2D eigenvalue weighted by atomic mass is 16.6. The Labute approximate surface area is 271 Å². The average molecular weight is 621 g/mol. The molecule has 8 heteroatoms. The van der Waals surface area contributed by atoms with E-state index in [0.29, 0.717) is 24.7 Å². The highest BCUT2D eigenvalue weighted by Crippen LogP contribution is 2.61. The van der Waals surface area contributed by atoms with Crippen molar-refractivity contribution in [3.63, 3.8) is 0 Å². The number of benzene rings is 3. The molecule has 3 heterocycles. The first kappa shape index (κ1) is 30.5. The molecule has 2 spiro atoms. The molecular formula is C38H44N4O4. The Bertz CT molecular complexity index is 1640. The quantitative estimate of drug-likeness (QED) is 0.313. The van der Waals surface area contributed by atoms with Crippen LogP contribution in [0.4, 0.5) is 11.4 Å². The number of likely N-dealkylation sites (tertiary alicyclic amines) is 1. The van der Waals surface area contributed by atoms with E-state index in [9.17, 15) is 14.4 Å². The number of nitrogens with zero attached hydrogens (tertiary/aromatic N) is 3. The Kier molecular flexibility index (Phi) is 7.67. The van der Waals surface area contributed by atoms with Gasteiger partial charge in [0.05, 0.1) is 17.6 Å². The molecule has 2 unspecified atom stereocenters. The molecule has 0 radical (unpaired) electrons. The number of nitrogens with one attached hydrogen (secondary N) is 1.